The van der Waals surface area contributed by atoms with Crippen LogP contribution in [0.4, 0.5) is 10.1 Å². The molecule has 2 rings (SSSR count). The fraction of sp³-hybridized carbons (Fsp3) is 0.500. The van der Waals surface area contributed by atoms with Crippen molar-refractivity contribution >= 4 is 17.3 Å². The summed E-state index contributed by atoms with van der Waals surface area (Å²) >= 11 is 6.13. The number of benzene rings is 1. The Morgan fingerprint density at radius 2 is 2.24 bits per heavy atom. The molecule has 1 aromatic carbocycles. The molecule has 0 N–H and O–H groups in total. The van der Waals surface area contributed by atoms with Crippen LogP contribution in [0.5, 0.6) is 0 Å². The second-order valence-electron chi connectivity index (χ2n) is 4.42. The van der Waals surface area contributed by atoms with Crippen molar-refractivity contribution in [2.75, 3.05) is 0 Å². The normalized spacial score (nSPS) is 23.9. The Kier molecular flexibility index (Phi) is 3.62. The molecular weight excluding hydrogens is 245 g/mol. The molecule has 92 valence electrons. The number of nitrogens with zero attached hydrogens (tertiary/aromatic N) is 1. The number of nitro benzene ring substituents is 1. The molecular formula is C12H13ClFNO2. The number of alkyl halides is 1. The summed E-state index contributed by atoms with van der Waals surface area (Å²) in [5.74, 6) is -0.485. The van der Waals surface area contributed by atoms with E-state index < -0.39 is 16.4 Å². The van der Waals surface area contributed by atoms with Crippen LogP contribution in [0.1, 0.15) is 24.8 Å². The Morgan fingerprint density at radius 1 is 1.47 bits per heavy atom. The number of hydrogen-bond donors (Lipinski definition) is 0. The summed E-state index contributed by atoms with van der Waals surface area (Å²) in [6.07, 6.45) is 3.45. The summed E-state index contributed by atoms with van der Waals surface area (Å²) in [6, 6.07) is 4.31. The largest absolute Gasteiger partial charge is 0.305 e. The summed E-state index contributed by atoms with van der Waals surface area (Å²) in [6.45, 7) is 0. The van der Waals surface area contributed by atoms with Gasteiger partial charge in [-0.25, -0.2) is 0 Å². The zero-order valence-corrected chi connectivity index (χ0v) is 9.99. The van der Waals surface area contributed by atoms with Crippen molar-refractivity contribution in [3.05, 3.63) is 39.7 Å². The summed E-state index contributed by atoms with van der Waals surface area (Å²) in [4.78, 5) is 9.93. The standard InChI is InChI=1S/C12H13ClFNO2/c13-10-5-1-3-8(10)7-9-4-2-6-11(12(9)14)15(16)17/h2,4,6,8,10H,1,3,5,7H2. The average molecular weight is 258 g/mol. The van der Waals surface area contributed by atoms with Gasteiger partial charge in [0.15, 0.2) is 0 Å². The fourth-order valence-corrected chi connectivity index (χ4v) is 2.74. The van der Waals surface area contributed by atoms with Crippen molar-refractivity contribution in [1.82, 2.24) is 0 Å². The second kappa shape index (κ2) is 5.00. The molecule has 0 saturated heterocycles. The highest BCUT2D eigenvalue weighted by Gasteiger charge is 2.27. The molecule has 17 heavy (non-hydrogen) atoms. The number of halogens is 2. The van der Waals surface area contributed by atoms with E-state index in [0.717, 1.165) is 19.3 Å². The van der Waals surface area contributed by atoms with Gasteiger partial charge in [-0.3, -0.25) is 10.1 Å². The first-order valence-corrected chi connectivity index (χ1v) is 6.09. The minimum atomic E-state index is -0.715. The zero-order valence-electron chi connectivity index (χ0n) is 9.23. The maximum Gasteiger partial charge on any atom is 0.305 e. The molecule has 0 spiro atoms. The van der Waals surface area contributed by atoms with Crippen LogP contribution in [0.15, 0.2) is 18.2 Å². The lowest BCUT2D eigenvalue weighted by Gasteiger charge is -2.13. The molecule has 0 aromatic heterocycles. The fourth-order valence-electron chi connectivity index (χ4n) is 2.37. The number of hydrogen-bond acceptors (Lipinski definition) is 2. The van der Waals surface area contributed by atoms with Gasteiger partial charge in [-0.2, -0.15) is 4.39 Å². The second-order valence-corrected chi connectivity index (χ2v) is 4.98. The Balaban J connectivity index is 2.21. The molecule has 3 nitrogen and oxygen atoms in total. The minimum Gasteiger partial charge on any atom is -0.258 e. The molecule has 0 bridgehead atoms. The van der Waals surface area contributed by atoms with Crippen molar-refractivity contribution in [2.24, 2.45) is 5.92 Å². The highest BCUT2D eigenvalue weighted by atomic mass is 35.5. The maximum absolute atomic E-state index is 13.8. The molecule has 0 amide bonds. The lowest BCUT2D eigenvalue weighted by molar-refractivity contribution is -0.387. The first-order valence-electron chi connectivity index (χ1n) is 5.65. The van der Waals surface area contributed by atoms with Crippen LogP contribution in [0, 0.1) is 21.8 Å². The van der Waals surface area contributed by atoms with E-state index in [1.165, 1.54) is 12.1 Å². The lowest BCUT2D eigenvalue weighted by Crippen LogP contribution is -2.11. The highest BCUT2D eigenvalue weighted by Crippen LogP contribution is 2.34. The van der Waals surface area contributed by atoms with Crippen LogP contribution in [0.25, 0.3) is 0 Å². The average Bonchev–Trinajstić information content (AvgIpc) is 2.67. The molecule has 0 radical (unpaired) electrons. The number of nitro groups is 1. The van der Waals surface area contributed by atoms with Gasteiger partial charge < -0.3 is 0 Å². The van der Waals surface area contributed by atoms with Gasteiger partial charge >= 0.3 is 5.69 Å². The van der Waals surface area contributed by atoms with E-state index in [9.17, 15) is 14.5 Å². The molecule has 1 aromatic rings. The third-order valence-corrected chi connectivity index (χ3v) is 3.88. The van der Waals surface area contributed by atoms with E-state index in [1.54, 1.807) is 6.07 Å². The third-order valence-electron chi connectivity index (χ3n) is 3.30. The van der Waals surface area contributed by atoms with Gasteiger partial charge in [0, 0.05) is 11.4 Å². The monoisotopic (exact) mass is 257 g/mol. The number of rotatable bonds is 3. The molecule has 1 saturated carbocycles. The predicted octanol–water partition coefficient (Wildman–Crippen LogP) is 3.68. The Bertz CT molecular complexity index is 439. The molecule has 1 fully saturated rings. The summed E-state index contributed by atoms with van der Waals surface area (Å²) in [5, 5.41) is 10.7. The molecule has 2 unspecified atom stereocenters. The van der Waals surface area contributed by atoms with E-state index in [4.69, 9.17) is 11.6 Å². The molecule has 2 atom stereocenters. The third kappa shape index (κ3) is 2.57. The van der Waals surface area contributed by atoms with Crippen molar-refractivity contribution in [3.63, 3.8) is 0 Å². The van der Waals surface area contributed by atoms with Crippen LogP contribution in [0.2, 0.25) is 0 Å². The van der Waals surface area contributed by atoms with E-state index in [1.807, 2.05) is 0 Å². The van der Waals surface area contributed by atoms with Gasteiger partial charge in [-0.05, 0) is 30.7 Å². The van der Waals surface area contributed by atoms with Crippen LogP contribution in [-0.2, 0) is 6.42 Å². The quantitative estimate of drug-likeness (QED) is 0.471. The summed E-state index contributed by atoms with van der Waals surface area (Å²) in [7, 11) is 0. The molecule has 0 heterocycles. The van der Waals surface area contributed by atoms with Crippen LogP contribution >= 0.6 is 11.6 Å². The lowest BCUT2D eigenvalue weighted by atomic mass is 9.97. The van der Waals surface area contributed by atoms with E-state index in [0.29, 0.717) is 12.0 Å². The first-order chi connectivity index (χ1) is 8.09. The van der Waals surface area contributed by atoms with Crippen molar-refractivity contribution in [2.45, 2.75) is 31.1 Å². The molecule has 1 aliphatic carbocycles. The predicted molar refractivity (Wildman–Crippen MR) is 63.7 cm³/mol. The van der Waals surface area contributed by atoms with Gasteiger partial charge in [0.2, 0.25) is 5.82 Å². The van der Waals surface area contributed by atoms with Crippen molar-refractivity contribution < 1.29 is 9.31 Å². The Hall–Kier alpha value is -1.16. The van der Waals surface area contributed by atoms with Gasteiger partial charge in [0.1, 0.15) is 0 Å². The van der Waals surface area contributed by atoms with E-state index >= 15 is 0 Å². The summed E-state index contributed by atoms with van der Waals surface area (Å²) in [5.41, 5.74) is -0.0524. The van der Waals surface area contributed by atoms with Crippen molar-refractivity contribution in [1.29, 1.82) is 0 Å². The van der Waals surface area contributed by atoms with E-state index in [-0.39, 0.29) is 11.3 Å². The molecule has 5 heteroatoms. The van der Waals surface area contributed by atoms with Crippen LogP contribution in [-0.4, -0.2) is 10.3 Å². The zero-order chi connectivity index (χ0) is 12.4. The van der Waals surface area contributed by atoms with Gasteiger partial charge in [-0.1, -0.05) is 18.6 Å². The smallest absolute Gasteiger partial charge is 0.258 e. The molecule has 0 aliphatic heterocycles. The maximum atomic E-state index is 13.8. The first kappa shape index (κ1) is 12.3. The SMILES string of the molecule is O=[N+]([O-])c1cccc(CC2CCCC2Cl)c1F. The van der Waals surface area contributed by atoms with Gasteiger partial charge in [0.25, 0.3) is 0 Å². The van der Waals surface area contributed by atoms with Crippen molar-refractivity contribution in [3.8, 4) is 0 Å². The Labute approximate surface area is 104 Å². The van der Waals surface area contributed by atoms with Gasteiger partial charge in [-0.15, -0.1) is 11.6 Å². The van der Waals surface area contributed by atoms with Gasteiger partial charge in [0.05, 0.1) is 4.92 Å². The topological polar surface area (TPSA) is 43.1 Å². The molecule has 1 aliphatic rings. The minimum absolute atomic E-state index is 0.0636. The van der Waals surface area contributed by atoms with E-state index in [2.05, 4.69) is 0 Å². The highest BCUT2D eigenvalue weighted by molar-refractivity contribution is 6.20. The Morgan fingerprint density at radius 3 is 2.82 bits per heavy atom. The van der Waals surface area contributed by atoms with Crippen LogP contribution in [0.3, 0.4) is 0 Å². The summed E-state index contributed by atoms with van der Waals surface area (Å²) < 4.78 is 13.8. The van der Waals surface area contributed by atoms with Crippen LogP contribution < -0.4 is 0 Å².